The zero-order valence-corrected chi connectivity index (χ0v) is 13.2. The van der Waals surface area contributed by atoms with Gasteiger partial charge in [0.25, 0.3) is 0 Å². The van der Waals surface area contributed by atoms with Gasteiger partial charge in [-0.2, -0.15) is 0 Å². The van der Waals surface area contributed by atoms with Crippen molar-refractivity contribution >= 4 is 21.8 Å². The highest BCUT2D eigenvalue weighted by Gasteiger charge is 2.23. The zero-order chi connectivity index (χ0) is 14.5. The summed E-state index contributed by atoms with van der Waals surface area (Å²) in [4.78, 5) is 11.9. The van der Waals surface area contributed by atoms with E-state index < -0.39 is 0 Å². The van der Waals surface area contributed by atoms with Crippen LogP contribution >= 0.6 is 15.9 Å². The Kier molecular flexibility index (Phi) is 5.25. The fourth-order valence-electron chi connectivity index (χ4n) is 2.11. The van der Waals surface area contributed by atoms with Gasteiger partial charge in [0.1, 0.15) is 6.10 Å². The Morgan fingerprint density at radius 1 is 1.40 bits per heavy atom. The number of hydrogen-bond donors (Lipinski definition) is 1. The smallest absolute Gasteiger partial charge is 0.249 e. The second kappa shape index (κ2) is 6.95. The van der Waals surface area contributed by atoms with Crippen molar-refractivity contribution in [3.63, 3.8) is 0 Å². The zero-order valence-electron chi connectivity index (χ0n) is 11.6. The molecule has 0 radical (unpaired) electrons. The van der Waals surface area contributed by atoms with E-state index in [0.717, 1.165) is 22.9 Å². The predicted octanol–water partition coefficient (Wildman–Crippen LogP) is 2.26. The molecule has 1 N–H and O–H groups in total. The van der Waals surface area contributed by atoms with Crippen molar-refractivity contribution in [2.75, 3.05) is 20.8 Å². The maximum atomic E-state index is 11.9. The van der Waals surface area contributed by atoms with Crippen molar-refractivity contribution < 1.29 is 19.0 Å². The number of hydrogen-bond acceptors (Lipinski definition) is 4. The van der Waals surface area contributed by atoms with E-state index >= 15 is 0 Å². The van der Waals surface area contributed by atoms with E-state index in [1.807, 2.05) is 12.1 Å². The first-order valence-corrected chi connectivity index (χ1v) is 7.24. The molecule has 0 aromatic heterocycles. The lowest BCUT2D eigenvalue weighted by molar-refractivity contribution is -0.130. The first kappa shape index (κ1) is 15.1. The molecule has 6 heteroatoms. The van der Waals surface area contributed by atoms with E-state index in [0.29, 0.717) is 24.7 Å². The fourth-order valence-corrected chi connectivity index (χ4v) is 2.57. The van der Waals surface area contributed by atoms with E-state index in [4.69, 9.17) is 14.2 Å². The largest absolute Gasteiger partial charge is 0.493 e. The summed E-state index contributed by atoms with van der Waals surface area (Å²) in [6.07, 6.45) is 1.42. The molecule has 1 aromatic rings. The van der Waals surface area contributed by atoms with Gasteiger partial charge in [-0.25, -0.2) is 0 Å². The third-order valence-corrected chi connectivity index (χ3v) is 3.97. The lowest BCUT2D eigenvalue weighted by Gasteiger charge is -2.14. The van der Waals surface area contributed by atoms with Gasteiger partial charge < -0.3 is 19.5 Å². The number of halogens is 1. The minimum Gasteiger partial charge on any atom is -0.493 e. The molecule has 0 unspecified atom stereocenters. The molecule has 0 aliphatic carbocycles. The Labute approximate surface area is 126 Å². The maximum Gasteiger partial charge on any atom is 0.249 e. The average Bonchev–Trinajstić information content (AvgIpc) is 2.99. The first-order chi connectivity index (χ1) is 9.65. The molecule has 1 heterocycles. The summed E-state index contributed by atoms with van der Waals surface area (Å²) in [6, 6.07) is 3.67. The molecule has 20 heavy (non-hydrogen) atoms. The van der Waals surface area contributed by atoms with Crippen LogP contribution in [0.5, 0.6) is 11.5 Å². The van der Waals surface area contributed by atoms with Crippen molar-refractivity contribution in [3.8, 4) is 11.5 Å². The molecular weight excluding hydrogens is 326 g/mol. The number of amides is 1. The van der Waals surface area contributed by atoms with Crippen LogP contribution in [0.25, 0.3) is 0 Å². The number of nitrogens with one attached hydrogen (secondary N) is 1. The number of carbonyl (C=O) groups is 1. The van der Waals surface area contributed by atoms with Crippen LogP contribution in [0.15, 0.2) is 16.6 Å². The second-order valence-electron chi connectivity index (χ2n) is 4.52. The highest BCUT2D eigenvalue weighted by Crippen LogP contribution is 2.33. The lowest BCUT2D eigenvalue weighted by Crippen LogP contribution is -2.33. The Bertz CT molecular complexity index is 486. The third kappa shape index (κ3) is 3.43. The van der Waals surface area contributed by atoms with E-state index in [1.54, 1.807) is 14.2 Å². The van der Waals surface area contributed by atoms with Crippen LogP contribution in [0.1, 0.15) is 18.4 Å². The Hall–Kier alpha value is -1.27. The van der Waals surface area contributed by atoms with Crippen molar-refractivity contribution in [1.29, 1.82) is 0 Å². The molecule has 0 saturated carbocycles. The molecule has 1 fully saturated rings. The second-order valence-corrected chi connectivity index (χ2v) is 5.37. The normalized spacial score (nSPS) is 17.9. The topological polar surface area (TPSA) is 56.8 Å². The van der Waals surface area contributed by atoms with Gasteiger partial charge in [0, 0.05) is 17.6 Å². The van der Waals surface area contributed by atoms with Crippen LogP contribution in [0.4, 0.5) is 0 Å². The molecule has 0 bridgehead atoms. The summed E-state index contributed by atoms with van der Waals surface area (Å²) in [7, 11) is 3.17. The van der Waals surface area contributed by atoms with Crippen LogP contribution in [0.2, 0.25) is 0 Å². The predicted molar refractivity (Wildman–Crippen MR) is 78.1 cm³/mol. The van der Waals surface area contributed by atoms with Gasteiger partial charge in [-0.05, 0) is 30.5 Å². The van der Waals surface area contributed by atoms with Gasteiger partial charge in [0.05, 0.1) is 14.2 Å². The summed E-state index contributed by atoms with van der Waals surface area (Å²) in [5, 5.41) is 2.88. The van der Waals surface area contributed by atoms with Gasteiger partial charge in [-0.1, -0.05) is 15.9 Å². The summed E-state index contributed by atoms with van der Waals surface area (Å²) in [5.74, 6) is 1.22. The van der Waals surface area contributed by atoms with Crippen LogP contribution in [-0.2, 0) is 16.1 Å². The molecule has 110 valence electrons. The minimum absolute atomic E-state index is 0.0656. The monoisotopic (exact) mass is 343 g/mol. The first-order valence-electron chi connectivity index (χ1n) is 6.45. The van der Waals surface area contributed by atoms with Crippen LogP contribution < -0.4 is 14.8 Å². The molecule has 5 nitrogen and oxygen atoms in total. The lowest BCUT2D eigenvalue weighted by atomic mass is 10.2. The Morgan fingerprint density at radius 3 is 2.70 bits per heavy atom. The maximum absolute atomic E-state index is 11.9. The van der Waals surface area contributed by atoms with Gasteiger partial charge in [0.2, 0.25) is 5.91 Å². The van der Waals surface area contributed by atoms with Crippen LogP contribution in [0.3, 0.4) is 0 Å². The van der Waals surface area contributed by atoms with Crippen molar-refractivity contribution in [1.82, 2.24) is 5.32 Å². The molecule has 1 aliphatic rings. The molecule has 1 aliphatic heterocycles. The third-order valence-electron chi connectivity index (χ3n) is 3.23. The Balaban J connectivity index is 2.03. The molecule has 2 rings (SSSR count). The number of ether oxygens (including phenoxy) is 3. The molecule has 1 aromatic carbocycles. The average molecular weight is 344 g/mol. The van der Waals surface area contributed by atoms with Crippen molar-refractivity contribution in [3.05, 3.63) is 22.2 Å². The Morgan fingerprint density at radius 2 is 2.10 bits per heavy atom. The molecule has 1 amide bonds. The highest BCUT2D eigenvalue weighted by atomic mass is 79.9. The van der Waals surface area contributed by atoms with Gasteiger partial charge >= 0.3 is 0 Å². The van der Waals surface area contributed by atoms with Crippen LogP contribution in [0, 0.1) is 0 Å². The highest BCUT2D eigenvalue weighted by molar-refractivity contribution is 9.10. The number of benzene rings is 1. The summed E-state index contributed by atoms with van der Waals surface area (Å²) in [6.45, 7) is 1.08. The fraction of sp³-hybridized carbons (Fsp3) is 0.500. The van der Waals surface area contributed by atoms with Gasteiger partial charge in [-0.15, -0.1) is 0 Å². The summed E-state index contributed by atoms with van der Waals surface area (Å²) in [5.41, 5.74) is 0.925. The standard InChI is InChI=1S/C14H18BrNO4/c1-18-12-6-9(10(15)7-13(12)19-2)8-16-14(17)11-4-3-5-20-11/h6-7,11H,3-5,8H2,1-2H3,(H,16,17)/t11-/m0/s1. The molecular formula is C14H18BrNO4. The van der Waals surface area contributed by atoms with E-state index in [1.165, 1.54) is 0 Å². The van der Waals surface area contributed by atoms with Crippen molar-refractivity contribution in [2.45, 2.75) is 25.5 Å². The van der Waals surface area contributed by atoms with Gasteiger partial charge in [-0.3, -0.25) is 4.79 Å². The number of carbonyl (C=O) groups excluding carboxylic acids is 1. The van der Waals surface area contributed by atoms with E-state index in [-0.39, 0.29) is 12.0 Å². The minimum atomic E-state index is -0.311. The molecule has 1 saturated heterocycles. The molecule has 1 atom stereocenters. The quantitative estimate of drug-likeness (QED) is 0.890. The van der Waals surface area contributed by atoms with Crippen molar-refractivity contribution in [2.24, 2.45) is 0 Å². The molecule has 0 spiro atoms. The summed E-state index contributed by atoms with van der Waals surface area (Å²) < 4.78 is 16.7. The summed E-state index contributed by atoms with van der Waals surface area (Å²) >= 11 is 3.47. The van der Waals surface area contributed by atoms with Crippen LogP contribution in [-0.4, -0.2) is 32.8 Å². The van der Waals surface area contributed by atoms with E-state index in [9.17, 15) is 4.79 Å². The van der Waals surface area contributed by atoms with E-state index in [2.05, 4.69) is 21.2 Å². The number of methoxy groups -OCH3 is 2. The SMILES string of the molecule is COc1cc(Br)c(CNC(=O)[C@@H]2CCCO2)cc1OC. The van der Waals surface area contributed by atoms with Gasteiger partial charge in [0.15, 0.2) is 11.5 Å². The number of rotatable bonds is 5.